The number of aryl methyl sites for hydroxylation is 1. The largest absolute Gasteiger partial charge is 0.471 e. The van der Waals surface area contributed by atoms with Gasteiger partial charge in [0.05, 0.1) is 0 Å². The number of para-hydroxylation sites is 2. The van der Waals surface area contributed by atoms with E-state index in [2.05, 4.69) is 31.3 Å². The van der Waals surface area contributed by atoms with Crippen molar-refractivity contribution in [2.75, 3.05) is 11.4 Å². The van der Waals surface area contributed by atoms with E-state index in [1.807, 2.05) is 48.2 Å². The molecule has 2 amide bonds. The standard InChI is InChI=1S/C21H26N2O2/c1-15(2)18-11-5-7-13-20(18)25-16(3)22-21(24)23-14-8-10-17-9-4-6-12-19(17)23/h4-7,9,11-13,15-16H,8,10,14H2,1-3H3,(H,22,24). The molecule has 0 saturated heterocycles. The summed E-state index contributed by atoms with van der Waals surface area (Å²) >= 11 is 0. The van der Waals surface area contributed by atoms with Gasteiger partial charge in [-0.3, -0.25) is 4.90 Å². The Balaban J connectivity index is 1.68. The summed E-state index contributed by atoms with van der Waals surface area (Å²) in [6.07, 6.45) is 1.60. The number of nitrogens with one attached hydrogen (secondary N) is 1. The highest BCUT2D eigenvalue weighted by atomic mass is 16.5. The van der Waals surface area contributed by atoms with Gasteiger partial charge in [-0.15, -0.1) is 0 Å². The van der Waals surface area contributed by atoms with Gasteiger partial charge in [0.15, 0.2) is 6.23 Å². The Kier molecular flexibility index (Phi) is 5.27. The fourth-order valence-corrected chi connectivity index (χ4v) is 3.28. The number of carbonyl (C=O) groups is 1. The lowest BCUT2D eigenvalue weighted by molar-refractivity contribution is 0.178. The Morgan fingerprint density at radius 2 is 1.80 bits per heavy atom. The first-order chi connectivity index (χ1) is 12.1. The Morgan fingerprint density at radius 3 is 2.60 bits per heavy atom. The third-order valence-corrected chi connectivity index (χ3v) is 4.53. The fourth-order valence-electron chi connectivity index (χ4n) is 3.28. The molecule has 1 atom stereocenters. The van der Waals surface area contributed by atoms with Crippen LogP contribution in [0.3, 0.4) is 0 Å². The molecule has 1 aliphatic rings. The number of fused-ring (bicyclic) bond motifs is 1. The topological polar surface area (TPSA) is 41.6 Å². The third-order valence-electron chi connectivity index (χ3n) is 4.53. The summed E-state index contributed by atoms with van der Waals surface area (Å²) in [5, 5.41) is 2.97. The fraction of sp³-hybridized carbons (Fsp3) is 0.381. The van der Waals surface area contributed by atoms with Gasteiger partial charge >= 0.3 is 6.03 Å². The van der Waals surface area contributed by atoms with Gasteiger partial charge in [0.1, 0.15) is 5.75 Å². The second-order valence-electron chi connectivity index (χ2n) is 6.79. The Morgan fingerprint density at radius 1 is 1.08 bits per heavy atom. The highest BCUT2D eigenvalue weighted by molar-refractivity contribution is 5.93. The molecular formula is C21H26N2O2. The molecule has 2 aromatic rings. The smallest absolute Gasteiger partial charge is 0.324 e. The van der Waals surface area contributed by atoms with Gasteiger partial charge in [0.2, 0.25) is 0 Å². The lowest BCUT2D eigenvalue weighted by Gasteiger charge is -2.31. The van der Waals surface area contributed by atoms with E-state index in [-0.39, 0.29) is 6.03 Å². The van der Waals surface area contributed by atoms with Crippen LogP contribution < -0.4 is 15.0 Å². The maximum absolute atomic E-state index is 12.7. The molecule has 0 aromatic heterocycles. The first kappa shape index (κ1) is 17.3. The van der Waals surface area contributed by atoms with E-state index in [9.17, 15) is 4.79 Å². The van der Waals surface area contributed by atoms with E-state index in [1.165, 1.54) is 5.56 Å². The molecule has 1 aliphatic heterocycles. The summed E-state index contributed by atoms with van der Waals surface area (Å²) in [7, 11) is 0. The SMILES string of the molecule is CC(NC(=O)N1CCCc2ccccc21)Oc1ccccc1C(C)C. The summed E-state index contributed by atoms with van der Waals surface area (Å²) < 4.78 is 6.00. The molecule has 1 heterocycles. The molecule has 4 nitrogen and oxygen atoms in total. The molecular weight excluding hydrogens is 312 g/mol. The van der Waals surface area contributed by atoms with Crippen LogP contribution in [0.1, 0.15) is 44.2 Å². The third kappa shape index (κ3) is 3.95. The Bertz CT molecular complexity index is 742. The molecule has 0 spiro atoms. The second kappa shape index (κ2) is 7.60. The molecule has 1 unspecified atom stereocenters. The number of benzene rings is 2. The summed E-state index contributed by atoms with van der Waals surface area (Å²) in [4.78, 5) is 14.5. The van der Waals surface area contributed by atoms with Crippen molar-refractivity contribution in [3.05, 3.63) is 59.7 Å². The molecule has 0 bridgehead atoms. The van der Waals surface area contributed by atoms with Crippen molar-refractivity contribution in [2.45, 2.75) is 45.8 Å². The van der Waals surface area contributed by atoms with E-state index in [0.717, 1.165) is 36.4 Å². The molecule has 25 heavy (non-hydrogen) atoms. The van der Waals surface area contributed by atoms with Crippen molar-refractivity contribution in [3.63, 3.8) is 0 Å². The van der Waals surface area contributed by atoms with E-state index in [1.54, 1.807) is 0 Å². The van der Waals surface area contributed by atoms with Crippen molar-refractivity contribution in [3.8, 4) is 5.75 Å². The molecule has 132 valence electrons. The zero-order valence-corrected chi connectivity index (χ0v) is 15.2. The van der Waals surface area contributed by atoms with Gasteiger partial charge in [0.25, 0.3) is 0 Å². The van der Waals surface area contributed by atoms with Crippen LogP contribution in [0.5, 0.6) is 5.75 Å². The van der Waals surface area contributed by atoms with E-state index < -0.39 is 6.23 Å². The molecule has 4 heteroatoms. The van der Waals surface area contributed by atoms with Crippen LogP contribution in [0.4, 0.5) is 10.5 Å². The number of carbonyl (C=O) groups excluding carboxylic acids is 1. The molecule has 0 saturated carbocycles. The van der Waals surface area contributed by atoms with Gasteiger partial charge in [0, 0.05) is 12.2 Å². The zero-order valence-electron chi connectivity index (χ0n) is 15.2. The molecule has 0 radical (unpaired) electrons. The summed E-state index contributed by atoms with van der Waals surface area (Å²) in [6.45, 7) is 6.87. The maximum Gasteiger partial charge on any atom is 0.324 e. The van der Waals surface area contributed by atoms with E-state index in [4.69, 9.17) is 4.74 Å². The van der Waals surface area contributed by atoms with Crippen LogP contribution in [-0.2, 0) is 6.42 Å². The predicted molar refractivity (Wildman–Crippen MR) is 101 cm³/mol. The molecule has 0 fully saturated rings. The minimum absolute atomic E-state index is 0.110. The number of hydrogen-bond donors (Lipinski definition) is 1. The second-order valence-corrected chi connectivity index (χ2v) is 6.79. The van der Waals surface area contributed by atoms with Gasteiger partial charge in [-0.1, -0.05) is 50.2 Å². The van der Waals surface area contributed by atoms with Crippen molar-refractivity contribution >= 4 is 11.7 Å². The maximum atomic E-state index is 12.7. The molecule has 1 N–H and O–H groups in total. The van der Waals surface area contributed by atoms with Crippen LogP contribution in [0.2, 0.25) is 0 Å². The monoisotopic (exact) mass is 338 g/mol. The van der Waals surface area contributed by atoms with Gasteiger partial charge in [-0.25, -0.2) is 4.79 Å². The van der Waals surface area contributed by atoms with Crippen molar-refractivity contribution in [1.82, 2.24) is 5.32 Å². The summed E-state index contributed by atoms with van der Waals surface area (Å²) in [6, 6.07) is 16.0. The first-order valence-corrected chi connectivity index (χ1v) is 8.98. The van der Waals surface area contributed by atoms with Crippen LogP contribution in [0.15, 0.2) is 48.5 Å². The van der Waals surface area contributed by atoms with Crippen LogP contribution in [-0.4, -0.2) is 18.8 Å². The minimum Gasteiger partial charge on any atom is -0.471 e. The number of ether oxygens (including phenoxy) is 1. The van der Waals surface area contributed by atoms with Crippen molar-refractivity contribution in [1.29, 1.82) is 0 Å². The molecule has 3 rings (SSSR count). The molecule has 0 aliphatic carbocycles. The zero-order chi connectivity index (χ0) is 17.8. The highest BCUT2D eigenvalue weighted by Gasteiger charge is 2.23. The van der Waals surface area contributed by atoms with Gasteiger partial charge < -0.3 is 10.1 Å². The first-order valence-electron chi connectivity index (χ1n) is 8.98. The predicted octanol–water partition coefficient (Wildman–Crippen LogP) is 4.70. The van der Waals surface area contributed by atoms with Crippen molar-refractivity contribution < 1.29 is 9.53 Å². The Labute approximate surface area is 149 Å². The Hall–Kier alpha value is -2.49. The number of rotatable bonds is 4. The normalized spacial score (nSPS) is 14.8. The minimum atomic E-state index is -0.401. The van der Waals surface area contributed by atoms with Crippen LogP contribution >= 0.6 is 0 Å². The number of amides is 2. The van der Waals surface area contributed by atoms with E-state index >= 15 is 0 Å². The van der Waals surface area contributed by atoms with Crippen molar-refractivity contribution in [2.24, 2.45) is 0 Å². The van der Waals surface area contributed by atoms with E-state index in [0.29, 0.717) is 5.92 Å². The van der Waals surface area contributed by atoms with Crippen LogP contribution in [0.25, 0.3) is 0 Å². The highest BCUT2D eigenvalue weighted by Crippen LogP contribution is 2.28. The lowest BCUT2D eigenvalue weighted by Crippen LogP contribution is -2.47. The number of urea groups is 1. The van der Waals surface area contributed by atoms with Gasteiger partial charge in [-0.05, 0) is 48.9 Å². The number of nitrogens with zero attached hydrogens (tertiary/aromatic N) is 1. The quantitative estimate of drug-likeness (QED) is 0.821. The van der Waals surface area contributed by atoms with Gasteiger partial charge in [-0.2, -0.15) is 0 Å². The number of hydrogen-bond acceptors (Lipinski definition) is 2. The lowest BCUT2D eigenvalue weighted by atomic mass is 10.0. The average molecular weight is 338 g/mol. The molecule has 2 aromatic carbocycles. The number of anilines is 1. The van der Waals surface area contributed by atoms with Crippen LogP contribution in [0, 0.1) is 0 Å². The average Bonchev–Trinajstić information content (AvgIpc) is 2.61. The summed E-state index contributed by atoms with van der Waals surface area (Å²) in [5.74, 6) is 1.19. The summed E-state index contributed by atoms with van der Waals surface area (Å²) in [5.41, 5.74) is 3.37.